The van der Waals surface area contributed by atoms with Gasteiger partial charge in [-0.25, -0.2) is 9.59 Å². The highest BCUT2D eigenvalue weighted by atomic mass is 32.2. The number of hydrogen-bond donors (Lipinski definition) is 0. The molecule has 1 aliphatic rings. The third-order valence-electron chi connectivity index (χ3n) is 2.28. The summed E-state index contributed by atoms with van der Waals surface area (Å²) in [5.74, 6) is -0.599. The van der Waals surface area contributed by atoms with Crippen LogP contribution in [0.2, 0.25) is 0 Å². The summed E-state index contributed by atoms with van der Waals surface area (Å²) in [6.07, 6.45) is 3.05. The zero-order chi connectivity index (χ0) is 13.4. The fourth-order valence-electron chi connectivity index (χ4n) is 1.41. The van der Waals surface area contributed by atoms with Crippen LogP contribution in [-0.4, -0.2) is 42.4 Å². The van der Waals surface area contributed by atoms with Gasteiger partial charge in [0, 0.05) is 13.0 Å². The van der Waals surface area contributed by atoms with Gasteiger partial charge in [-0.05, 0) is 18.6 Å². The zero-order valence-electron chi connectivity index (χ0n) is 10.5. The van der Waals surface area contributed by atoms with E-state index in [1.807, 2.05) is 0 Å². The Hall–Kier alpha value is -1.01. The smallest absolute Gasteiger partial charge is 0.346 e. The molecule has 0 N–H and O–H groups in total. The van der Waals surface area contributed by atoms with Crippen molar-refractivity contribution >= 4 is 23.7 Å². The molecule has 1 aliphatic heterocycles. The molecule has 1 unspecified atom stereocenters. The summed E-state index contributed by atoms with van der Waals surface area (Å²) >= 11 is 1.68. The standard InChI is InChI=1S/C12H18O5S/c1-3-10(13)15-8-11(14)17-12(2)9-18-7-5-4-6-16-12/h3H,1,4-9H2,2H3. The average Bonchev–Trinajstić information content (AvgIpc) is 2.31. The quantitative estimate of drug-likeness (QED) is 0.572. The van der Waals surface area contributed by atoms with Gasteiger partial charge in [0.15, 0.2) is 6.61 Å². The molecule has 0 amide bonds. The summed E-state index contributed by atoms with van der Waals surface area (Å²) in [6.45, 7) is 5.10. The molecule has 0 saturated carbocycles. The molecule has 0 radical (unpaired) electrons. The van der Waals surface area contributed by atoms with E-state index < -0.39 is 24.3 Å². The highest BCUT2D eigenvalue weighted by Crippen LogP contribution is 2.23. The molecule has 1 fully saturated rings. The number of carbonyl (C=O) groups excluding carboxylic acids is 2. The van der Waals surface area contributed by atoms with Crippen molar-refractivity contribution < 1.29 is 23.8 Å². The van der Waals surface area contributed by atoms with Crippen LogP contribution >= 0.6 is 11.8 Å². The van der Waals surface area contributed by atoms with Crippen LogP contribution in [0.25, 0.3) is 0 Å². The highest BCUT2D eigenvalue weighted by molar-refractivity contribution is 7.99. The van der Waals surface area contributed by atoms with Crippen molar-refractivity contribution in [1.29, 1.82) is 0 Å². The zero-order valence-corrected chi connectivity index (χ0v) is 11.3. The fraction of sp³-hybridized carbons (Fsp3) is 0.667. The number of carbonyl (C=O) groups is 2. The molecule has 0 spiro atoms. The molecule has 1 heterocycles. The van der Waals surface area contributed by atoms with Gasteiger partial charge < -0.3 is 14.2 Å². The van der Waals surface area contributed by atoms with Crippen molar-refractivity contribution in [2.24, 2.45) is 0 Å². The molecule has 1 saturated heterocycles. The maximum absolute atomic E-state index is 11.5. The number of rotatable bonds is 4. The van der Waals surface area contributed by atoms with Gasteiger partial charge in [-0.3, -0.25) is 0 Å². The van der Waals surface area contributed by atoms with Gasteiger partial charge in [-0.15, -0.1) is 0 Å². The van der Waals surface area contributed by atoms with Crippen molar-refractivity contribution in [2.75, 3.05) is 24.7 Å². The number of esters is 2. The van der Waals surface area contributed by atoms with Crippen LogP contribution in [0.15, 0.2) is 12.7 Å². The Morgan fingerprint density at radius 3 is 3.00 bits per heavy atom. The van der Waals surface area contributed by atoms with E-state index in [0.29, 0.717) is 12.4 Å². The van der Waals surface area contributed by atoms with Gasteiger partial charge in [-0.1, -0.05) is 6.58 Å². The molecular formula is C12H18O5S. The third kappa shape index (κ3) is 5.55. The molecule has 1 rings (SSSR count). The van der Waals surface area contributed by atoms with E-state index in [0.717, 1.165) is 24.7 Å². The van der Waals surface area contributed by atoms with E-state index in [-0.39, 0.29) is 0 Å². The molecule has 0 aliphatic carbocycles. The molecule has 5 nitrogen and oxygen atoms in total. The van der Waals surface area contributed by atoms with Crippen molar-refractivity contribution in [3.63, 3.8) is 0 Å². The number of hydrogen-bond acceptors (Lipinski definition) is 6. The summed E-state index contributed by atoms with van der Waals surface area (Å²) in [5, 5.41) is 0. The van der Waals surface area contributed by atoms with Crippen molar-refractivity contribution in [1.82, 2.24) is 0 Å². The van der Waals surface area contributed by atoms with Gasteiger partial charge in [0.25, 0.3) is 0 Å². The minimum absolute atomic E-state index is 0.422. The maximum Gasteiger partial charge on any atom is 0.346 e. The molecule has 0 aromatic carbocycles. The molecular weight excluding hydrogens is 256 g/mol. The first-order valence-electron chi connectivity index (χ1n) is 5.78. The van der Waals surface area contributed by atoms with Crippen LogP contribution in [0.4, 0.5) is 0 Å². The van der Waals surface area contributed by atoms with Gasteiger partial charge in [0.05, 0.1) is 12.4 Å². The lowest BCUT2D eigenvalue weighted by Crippen LogP contribution is -2.40. The molecule has 1 atom stereocenters. The van der Waals surface area contributed by atoms with E-state index in [1.165, 1.54) is 0 Å². The van der Waals surface area contributed by atoms with E-state index in [4.69, 9.17) is 9.47 Å². The SMILES string of the molecule is C=CC(=O)OCC(=O)OC1(C)CSCCCCO1. The minimum atomic E-state index is -0.942. The lowest BCUT2D eigenvalue weighted by atomic mass is 10.3. The lowest BCUT2D eigenvalue weighted by molar-refractivity contribution is -0.217. The summed E-state index contributed by atoms with van der Waals surface area (Å²) in [5.41, 5.74) is 0. The first-order chi connectivity index (χ1) is 8.56. The second-order valence-corrected chi connectivity index (χ2v) is 5.13. The van der Waals surface area contributed by atoms with Crippen LogP contribution in [0.1, 0.15) is 19.8 Å². The average molecular weight is 274 g/mol. The third-order valence-corrected chi connectivity index (χ3v) is 3.59. The number of ether oxygens (including phenoxy) is 3. The topological polar surface area (TPSA) is 61.8 Å². The van der Waals surface area contributed by atoms with Crippen LogP contribution in [0, 0.1) is 0 Å². The maximum atomic E-state index is 11.5. The predicted octanol–water partition coefficient (Wildman–Crippen LogP) is 1.52. The predicted molar refractivity (Wildman–Crippen MR) is 68.2 cm³/mol. The molecule has 0 bridgehead atoms. The van der Waals surface area contributed by atoms with Crippen LogP contribution in [0.3, 0.4) is 0 Å². The fourth-order valence-corrected chi connectivity index (χ4v) is 2.48. The monoisotopic (exact) mass is 274 g/mol. The minimum Gasteiger partial charge on any atom is -0.451 e. The Morgan fingerprint density at radius 2 is 2.28 bits per heavy atom. The number of thioether (sulfide) groups is 1. The Kier molecular flexibility index (Phi) is 6.21. The Labute approximate surface area is 111 Å². The second-order valence-electron chi connectivity index (χ2n) is 4.03. The molecule has 102 valence electrons. The Bertz CT molecular complexity index is 308. The normalized spacial score (nSPS) is 24.5. The summed E-state index contributed by atoms with van der Waals surface area (Å²) < 4.78 is 15.4. The summed E-state index contributed by atoms with van der Waals surface area (Å²) in [4.78, 5) is 22.3. The van der Waals surface area contributed by atoms with Gasteiger partial charge >= 0.3 is 11.9 Å². The van der Waals surface area contributed by atoms with Gasteiger partial charge in [0.1, 0.15) is 0 Å². The van der Waals surface area contributed by atoms with Gasteiger partial charge in [0.2, 0.25) is 5.79 Å². The molecule has 0 aromatic heterocycles. The first kappa shape index (κ1) is 15.0. The van der Waals surface area contributed by atoms with E-state index in [9.17, 15) is 9.59 Å². The first-order valence-corrected chi connectivity index (χ1v) is 6.94. The Morgan fingerprint density at radius 1 is 1.50 bits per heavy atom. The largest absolute Gasteiger partial charge is 0.451 e. The molecule has 18 heavy (non-hydrogen) atoms. The summed E-state index contributed by atoms with van der Waals surface area (Å²) in [6, 6.07) is 0. The van der Waals surface area contributed by atoms with Crippen molar-refractivity contribution in [3.05, 3.63) is 12.7 Å². The van der Waals surface area contributed by atoms with Crippen molar-refractivity contribution in [3.8, 4) is 0 Å². The summed E-state index contributed by atoms with van der Waals surface area (Å²) in [7, 11) is 0. The molecule has 6 heteroatoms. The van der Waals surface area contributed by atoms with Crippen molar-refractivity contribution in [2.45, 2.75) is 25.6 Å². The van der Waals surface area contributed by atoms with Crippen LogP contribution in [-0.2, 0) is 23.8 Å². The van der Waals surface area contributed by atoms with Gasteiger partial charge in [-0.2, -0.15) is 11.8 Å². The highest BCUT2D eigenvalue weighted by Gasteiger charge is 2.31. The second kappa shape index (κ2) is 7.43. The van der Waals surface area contributed by atoms with E-state index in [2.05, 4.69) is 11.3 Å². The van der Waals surface area contributed by atoms with Crippen LogP contribution in [0.5, 0.6) is 0 Å². The lowest BCUT2D eigenvalue weighted by Gasteiger charge is -2.30. The van der Waals surface area contributed by atoms with E-state index in [1.54, 1.807) is 18.7 Å². The molecule has 0 aromatic rings. The van der Waals surface area contributed by atoms with Crippen LogP contribution < -0.4 is 0 Å². The Balaban J connectivity index is 2.39. The van der Waals surface area contributed by atoms with E-state index >= 15 is 0 Å².